The zero-order valence-electron chi connectivity index (χ0n) is 14.7. The molecule has 3 rings (SSSR count). The first-order chi connectivity index (χ1) is 11.2. The number of nitrogens with one attached hydrogen (secondary N) is 1. The van der Waals surface area contributed by atoms with Gasteiger partial charge in [0.15, 0.2) is 0 Å². The predicted octanol–water partition coefficient (Wildman–Crippen LogP) is 2.51. The Hall–Kier alpha value is -1.46. The van der Waals surface area contributed by atoms with Crippen LogP contribution in [0.1, 0.15) is 45.6 Å². The number of carbonyl (C=O) groups excluding carboxylic acids is 1. The third kappa shape index (κ3) is 2.64. The molecule has 4 nitrogen and oxygen atoms in total. The molecule has 0 heterocycles. The molecule has 0 aliphatic heterocycles. The van der Waals surface area contributed by atoms with Crippen molar-refractivity contribution in [2.45, 2.75) is 57.1 Å². The molecule has 2 unspecified atom stereocenters. The number of ether oxygens (including phenoxy) is 1. The monoisotopic (exact) mass is 334 g/mol. The van der Waals surface area contributed by atoms with Crippen LogP contribution in [0, 0.1) is 11.2 Å². The summed E-state index contributed by atoms with van der Waals surface area (Å²) in [7, 11) is 0. The summed E-state index contributed by atoms with van der Waals surface area (Å²) in [6.45, 7) is 7.03. The Balaban J connectivity index is 1.64. The normalized spacial score (nSPS) is 29.6. The second-order valence-electron chi connectivity index (χ2n) is 7.81. The number of rotatable bonds is 6. The predicted molar refractivity (Wildman–Crippen MR) is 91.1 cm³/mol. The molecule has 2 atom stereocenters. The first kappa shape index (κ1) is 17.4. The van der Waals surface area contributed by atoms with Crippen LogP contribution in [0.2, 0.25) is 0 Å². The Labute approximate surface area is 142 Å². The van der Waals surface area contributed by atoms with Crippen molar-refractivity contribution in [2.75, 3.05) is 13.2 Å². The van der Waals surface area contributed by atoms with Crippen LogP contribution in [0.4, 0.5) is 4.39 Å². The van der Waals surface area contributed by atoms with Gasteiger partial charge in [-0.2, -0.15) is 0 Å². The second-order valence-corrected chi connectivity index (χ2v) is 7.81. The number of hydrogen-bond donors (Lipinski definition) is 2. The van der Waals surface area contributed by atoms with Crippen molar-refractivity contribution >= 4 is 5.91 Å². The highest BCUT2D eigenvalue weighted by Gasteiger charge is 2.63. The van der Waals surface area contributed by atoms with Gasteiger partial charge >= 0.3 is 0 Å². The summed E-state index contributed by atoms with van der Waals surface area (Å²) in [4.78, 5) is 12.7. The molecule has 24 heavy (non-hydrogen) atoms. The fraction of sp³-hybridized carbons (Fsp3) is 0.632. The molecule has 5 heteroatoms. The molecule has 2 aliphatic rings. The van der Waals surface area contributed by atoms with Crippen LogP contribution in [-0.4, -0.2) is 30.7 Å². The molecule has 1 aromatic rings. The van der Waals surface area contributed by atoms with Gasteiger partial charge in [-0.15, -0.1) is 0 Å². The summed E-state index contributed by atoms with van der Waals surface area (Å²) in [5.74, 6) is -0.369. The van der Waals surface area contributed by atoms with E-state index in [1.54, 1.807) is 12.1 Å². The minimum atomic E-state index is -0.912. The average Bonchev–Trinajstić information content (AvgIpc) is 3.33. The SMILES string of the molecule is CCOC1CC(N)(C(=O)NCC2(c3cccc(F)c3)CC2)C1(C)C. The summed E-state index contributed by atoms with van der Waals surface area (Å²) >= 11 is 0. The van der Waals surface area contributed by atoms with Gasteiger partial charge in [0.25, 0.3) is 0 Å². The lowest BCUT2D eigenvalue weighted by Gasteiger charge is -2.57. The first-order valence-corrected chi connectivity index (χ1v) is 8.70. The molecule has 132 valence electrons. The molecule has 2 fully saturated rings. The maximum atomic E-state index is 13.5. The van der Waals surface area contributed by atoms with Crippen LogP contribution in [0.3, 0.4) is 0 Å². The van der Waals surface area contributed by atoms with Gasteiger partial charge in [0, 0.05) is 30.4 Å². The van der Waals surface area contributed by atoms with Crippen molar-refractivity contribution in [3.63, 3.8) is 0 Å². The van der Waals surface area contributed by atoms with Crippen LogP contribution in [-0.2, 0) is 14.9 Å². The summed E-state index contributed by atoms with van der Waals surface area (Å²) in [6.07, 6.45) is 2.46. The third-order valence-electron chi connectivity index (χ3n) is 6.11. The lowest BCUT2D eigenvalue weighted by molar-refractivity contribution is -0.170. The molecular weight excluding hydrogens is 307 g/mol. The van der Waals surface area contributed by atoms with Gasteiger partial charge in [-0.05, 0) is 37.5 Å². The van der Waals surface area contributed by atoms with Crippen molar-refractivity contribution in [1.82, 2.24) is 5.32 Å². The van der Waals surface area contributed by atoms with Gasteiger partial charge in [0.2, 0.25) is 5.91 Å². The Kier molecular flexibility index (Phi) is 4.21. The maximum absolute atomic E-state index is 13.5. The average molecular weight is 334 g/mol. The Morgan fingerprint density at radius 2 is 2.12 bits per heavy atom. The van der Waals surface area contributed by atoms with Crippen LogP contribution >= 0.6 is 0 Å². The van der Waals surface area contributed by atoms with Gasteiger partial charge in [-0.25, -0.2) is 4.39 Å². The van der Waals surface area contributed by atoms with Crippen molar-refractivity contribution in [3.05, 3.63) is 35.6 Å². The largest absolute Gasteiger partial charge is 0.378 e. The molecule has 3 N–H and O–H groups in total. The van der Waals surface area contributed by atoms with E-state index in [4.69, 9.17) is 10.5 Å². The Morgan fingerprint density at radius 1 is 1.42 bits per heavy atom. The van der Waals surface area contributed by atoms with Gasteiger partial charge in [0.1, 0.15) is 11.4 Å². The zero-order valence-corrected chi connectivity index (χ0v) is 14.7. The lowest BCUT2D eigenvalue weighted by Crippen LogP contribution is -2.76. The Bertz CT molecular complexity index is 642. The van der Waals surface area contributed by atoms with E-state index in [0.29, 0.717) is 19.6 Å². The number of halogens is 1. The maximum Gasteiger partial charge on any atom is 0.240 e. The van der Waals surface area contributed by atoms with Crippen LogP contribution < -0.4 is 11.1 Å². The van der Waals surface area contributed by atoms with Crippen LogP contribution in [0.25, 0.3) is 0 Å². The summed E-state index contributed by atoms with van der Waals surface area (Å²) in [5.41, 5.74) is 5.91. The topological polar surface area (TPSA) is 64.3 Å². The second kappa shape index (κ2) is 5.81. The van der Waals surface area contributed by atoms with E-state index in [1.165, 1.54) is 6.07 Å². The minimum absolute atomic E-state index is 0.0105. The van der Waals surface area contributed by atoms with Crippen molar-refractivity contribution in [2.24, 2.45) is 11.1 Å². The van der Waals surface area contributed by atoms with Crippen molar-refractivity contribution in [3.8, 4) is 0 Å². The summed E-state index contributed by atoms with van der Waals surface area (Å²) in [5, 5.41) is 3.02. The van der Waals surface area contributed by atoms with E-state index >= 15 is 0 Å². The smallest absolute Gasteiger partial charge is 0.240 e. The molecular formula is C19H27FN2O2. The zero-order chi connectivity index (χ0) is 17.6. The first-order valence-electron chi connectivity index (χ1n) is 8.70. The fourth-order valence-corrected chi connectivity index (χ4v) is 3.76. The quantitative estimate of drug-likeness (QED) is 0.840. The molecule has 1 aromatic carbocycles. The minimum Gasteiger partial charge on any atom is -0.378 e. The van der Waals surface area contributed by atoms with E-state index in [1.807, 2.05) is 26.8 Å². The molecule has 1 amide bonds. The van der Waals surface area contributed by atoms with Gasteiger partial charge < -0.3 is 15.8 Å². The number of nitrogens with two attached hydrogens (primary N) is 1. The van der Waals surface area contributed by atoms with Crippen molar-refractivity contribution in [1.29, 1.82) is 0 Å². The number of carbonyl (C=O) groups is 1. The van der Waals surface area contributed by atoms with Gasteiger partial charge in [0.05, 0.1) is 6.10 Å². The molecule has 0 radical (unpaired) electrons. The van der Waals surface area contributed by atoms with Gasteiger partial charge in [-0.1, -0.05) is 26.0 Å². The van der Waals surface area contributed by atoms with E-state index in [0.717, 1.165) is 18.4 Å². The van der Waals surface area contributed by atoms with Crippen LogP contribution in [0.5, 0.6) is 0 Å². The fourth-order valence-electron chi connectivity index (χ4n) is 3.76. The Morgan fingerprint density at radius 3 is 2.67 bits per heavy atom. The lowest BCUT2D eigenvalue weighted by atomic mass is 9.54. The van der Waals surface area contributed by atoms with E-state index < -0.39 is 11.0 Å². The highest BCUT2D eigenvalue weighted by molar-refractivity contribution is 5.89. The summed E-state index contributed by atoms with van der Waals surface area (Å²) < 4.78 is 19.2. The van der Waals surface area contributed by atoms with E-state index in [9.17, 15) is 9.18 Å². The summed E-state index contributed by atoms with van der Waals surface area (Å²) in [6, 6.07) is 6.66. The molecule has 0 bridgehead atoms. The highest BCUT2D eigenvalue weighted by Crippen LogP contribution is 2.51. The van der Waals surface area contributed by atoms with E-state index in [2.05, 4.69) is 5.32 Å². The van der Waals surface area contributed by atoms with E-state index in [-0.39, 0.29) is 23.2 Å². The number of benzene rings is 1. The highest BCUT2D eigenvalue weighted by atomic mass is 19.1. The molecule has 0 aromatic heterocycles. The third-order valence-corrected chi connectivity index (χ3v) is 6.11. The molecule has 2 saturated carbocycles. The number of hydrogen-bond acceptors (Lipinski definition) is 3. The molecule has 0 spiro atoms. The number of amides is 1. The molecule has 2 aliphatic carbocycles. The van der Waals surface area contributed by atoms with Crippen molar-refractivity contribution < 1.29 is 13.9 Å². The van der Waals surface area contributed by atoms with Crippen LogP contribution in [0.15, 0.2) is 24.3 Å². The standard InChI is InChI=1S/C19H27FN2O2/c1-4-24-15-11-19(21,17(15,2)3)16(23)22-12-18(8-9-18)13-6-5-7-14(20)10-13/h5-7,10,15H,4,8-9,11-12,21H2,1-3H3,(H,22,23). The van der Waals surface area contributed by atoms with Gasteiger partial charge in [-0.3, -0.25) is 4.79 Å². The molecule has 0 saturated heterocycles.